The smallest absolute Gasteiger partial charge is 0.0496 e. The minimum atomic E-state index is 0.150. The Balaban J connectivity index is 2.02. The normalized spacial score (nSPS) is 20.7. The van der Waals surface area contributed by atoms with Crippen LogP contribution in [0, 0.1) is 5.92 Å². The summed E-state index contributed by atoms with van der Waals surface area (Å²) in [6.07, 6.45) is 2.55. The van der Waals surface area contributed by atoms with Crippen molar-refractivity contribution >= 4 is 15.9 Å². The predicted molar refractivity (Wildman–Crippen MR) is 93.4 cm³/mol. The first-order valence-electron chi connectivity index (χ1n) is 7.87. The first-order valence-corrected chi connectivity index (χ1v) is 8.66. The number of nitrogens with zero attached hydrogens (tertiary/aromatic N) is 2. The van der Waals surface area contributed by atoms with Crippen LogP contribution in [0.15, 0.2) is 28.7 Å². The molecule has 1 aliphatic rings. The van der Waals surface area contributed by atoms with Gasteiger partial charge in [-0.05, 0) is 70.6 Å². The van der Waals surface area contributed by atoms with E-state index in [0.29, 0.717) is 6.04 Å². The third-order valence-electron chi connectivity index (χ3n) is 4.38. The lowest BCUT2D eigenvalue weighted by Gasteiger charge is -2.40. The standard InChI is InChI=1S/C17H28BrN3/c1-13(19)17(15-4-6-16(18)7-5-15)21-10-8-14(9-11-21)12-20(2)3/h4-7,13-14,17H,8-12,19H2,1-3H3. The average Bonchev–Trinajstić information content (AvgIpc) is 2.42. The fourth-order valence-corrected chi connectivity index (χ4v) is 3.70. The number of piperidine rings is 1. The second-order valence-corrected chi connectivity index (χ2v) is 7.51. The van der Waals surface area contributed by atoms with Crippen LogP contribution < -0.4 is 5.73 Å². The van der Waals surface area contributed by atoms with Crippen molar-refractivity contribution in [2.24, 2.45) is 11.7 Å². The van der Waals surface area contributed by atoms with Crippen molar-refractivity contribution in [1.82, 2.24) is 9.80 Å². The molecule has 0 bridgehead atoms. The van der Waals surface area contributed by atoms with Gasteiger partial charge in [0.15, 0.2) is 0 Å². The number of likely N-dealkylation sites (tertiary alicyclic amines) is 1. The summed E-state index contributed by atoms with van der Waals surface area (Å²) >= 11 is 3.51. The number of nitrogens with two attached hydrogens (primary N) is 1. The maximum Gasteiger partial charge on any atom is 0.0496 e. The van der Waals surface area contributed by atoms with Gasteiger partial charge in [0.25, 0.3) is 0 Å². The molecule has 0 aromatic heterocycles. The summed E-state index contributed by atoms with van der Waals surface area (Å²) in [7, 11) is 4.33. The van der Waals surface area contributed by atoms with Gasteiger partial charge in [0, 0.05) is 23.1 Å². The fraction of sp³-hybridized carbons (Fsp3) is 0.647. The van der Waals surface area contributed by atoms with E-state index in [1.807, 2.05) is 0 Å². The summed E-state index contributed by atoms with van der Waals surface area (Å²) in [4.78, 5) is 4.87. The summed E-state index contributed by atoms with van der Waals surface area (Å²) in [6, 6.07) is 9.11. The summed E-state index contributed by atoms with van der Waals surface area (Å²) in [5.74, 6) is 0.829. The quantitative estimate of drug-likeness (QED) is 0.882. The van der Waals surface area contributed by atoms with Crippen LogP contribution in [0.1, 0.15) is 31.4 Å². The van der Waals surface area contributed by atoms with E-state index in [1.165, 1.54) is 24.9 Å². The molecule has 2 atom stereocenters. The molecule has 1 saturated heterocycles. The van der Waals surface area contributed by atoms with Gasteiger partial charge in [0.1, 0.15) is 0 Å². The van der Waals surface area contributed by atoms with Crippen LogP contribution in [-0.2, 0) is 0 Å². The van der Waals surface area contributed by atoms with Crippen LogP contribution >= 0.6 is 15.9 Å². The van der Waals surface area contributed by atoms with Gasteiger partial charge in [0.2, 0.25) is 0 Å². The Labute approximate surface area is 137 Å². The lowest BCUT2D eigenvalue weighted by atomic mass is 9.92. The Bertz CT molecular complexity index is 422. The van der Waals surface area contributed by atoms with Gasteiger partial charge in [-0.3, -0.25) is 4.90 Å². The maximum absolute atomic E-state index is 6.29. The van der Waals surface area contributed by atoms with Gasteiger partial charge >= 0.3 is 0 Å². The number of halogens is 1. The third kappa shape index (κ3) is 4.78. The molecular weight excluding hydrogens is 326 g/mol. The van der Waals surface area contributed by atoms with E-state index in [0.717, 1.165) is 23.5 Å². The molecule has 1 aromatic carbocycles. The van der Waals surface area contributed by atoms with Crippen LogP contribution in [-0.4, -0.2) is 49.6 Å². The molecule has 0 spiro atoms. The van der Waals surface area contributed by atoms with Crippen molar-refractivity contribution in [3.8, 4) is 0 Å². The SMILES string of the molecule is CC(N)C(c1ccc(Br)cc1)N1CCC(CN(C)C)CC1. The third-order valence-corrected chi connectivity index (χ3v) is 4.90. The van der Waals surface area contributed by atoms with E-state index in [-0.39, 0.29) is 6.04 Å². The van der Waals surface area contributed by atoms with Crippen LogP contribution in [0.5, 0.6) is 0 Å². The summed E-state index contributed by atoms with van der Waals surface area (Å²) in [5, 5.41) is 0. The van der Waals surface area contributed by atoms with Crippen LogP contribution in [0.4, 0.5) is 0 Å². The second kappa shape index (κ2) is 7.73. The van der Waals surface area contributed by atoms with Crippen LogP contribution in [0.25, 0.3) is 0 Å². The van der Waals surface area contributed by atoms with Gasteiger partial charge in [0.05, 0.1) is 0 Å². The zero-order valence-electron chi connectivity index (χ0n) is 13.4. The predicted octanol–water partition coefficient (Wildman–Crippen LogP) is 3.11. The number of hydrogen-bond donors (Lipinski definition) is 1. The minimum Gasteiger partial charge on any atom is -0.326 e. The lowest BCUT2D eigenvalue weighted by molar-refractivity contribution is 0.108. The first-order chi connectivity index (χ1) is 9.97. The Hall–Kier alpha value is -0.420. The van der Waals surface area contributed by atoms with Gasteiger partial charge in [-0.15, -0.1) is 0 Å². The topological polar surface area (TPSA) is 32.5 Å². The van der Waals surface area contributed by atoms with Crippen molar-refractivity contribution in [3.63, 3.8) is 0 Å². The van der Waals surface area contributed by atoms with Crippen molar-refractivity contribution < 1.29 is 0 Å². The molecule has 1 aromatic rings. The number of rotatable bonds is 5. The molecule has 0 amide bonds. The maximum atomic E-state index is 6.29. The van der Waals surface area contributed by atoms with Gasteiger partial charge in [-0.25, -0.2) is 0 Å². The molecule has 2 N–H and O–H groups in total. The molecule has 4 heteroatoms. The molecule has 1 fully saturated rings. The van der Waals surface area contributed by atoms with Gasteiger partial charge in [-0.1, -0.05) is 28.1 Å². The molecule has 0 aliphatic carbocycles. The monoisotopic (exact) mass is 353 g/mol. The minimum absolute atomic E-state index is 0.150. The van der Waals surface area contributed by atoms with Crippen LogP contribution in [0.3, 0.4) is 0 Å². The van der Waals surface area contributed by atoms with Gasteiger partial charge in [-0.2, -0.15) is 0 Å². The molecule has 2 unspecified atom stereocenters. The van der Waals surface area contributed by atoms with Crippen molar-refractivity contribution in [3.05, 3.63) is 34.3 Å². The van der Waals surface area contributed by atoms with E-state index >= 15 is 0 Å². The lowest BCUT2D eigenvalue weighted by Crippen LogP contribution is -2.44. The highest BCUT2D eigenvalue weighted by molar-refractivity contribution is 9.10. The largest absolute Gasteiger partial charge is 0.326 e. The highest BCUT2D eigenvalue weighted by Gasteiger charge is 2.28. The van der Waals surface area contributed by atoms with Crippen molar-refractivity contribution in [1.29, 1.82) is 0 Å². The van der Waals surface area contributed by atoms with Gasteiger partial charge < -0.3 is 10.6 Å². The Morgan fingerprint density at radius 3 is 2.29 bits per heavy atom. The molecule has 118 valence electrons. The molecule has 3 nitrogen and oxygen atoms in total. The molecule has 1 aliphatic heterocycles. The van der Waals surface area contributed by atoms with Crippen LogP contribution in [0.2, 0.25) is 0 Å². The molecule has 0 saturated carbocycles. The molecule has 21 heavy (non-hydrogen) atoms. The van der Waals surface area contributed by atoms with E-state index in [4.69, 9.17) is 5.73 Å². The van der Waals surface area contributed by atoms with E-state index < -0.39 is 0 Å². The zero-order valence-corrected chi connectivity index (χ0v) is 15.0. The van der Waals surface area contributed by atoms with E-state index in [2.05, 4.69) is 71.0 Å². The highest BCUT2D eigenvalue weighted by Crippen LogP contribution is 2.29. The number of benzene rings is 1. The van der Waals surface area contributed by atoms with Crippen molar-refractivity contribution in [2.75, 3.05) is 33.7 Å². The highest BCUT2D eigenvalue weighted by atomic mass is 79.9. The molecule has 0 radical (unpaired) electrons. The average molecular weight is 354 g/mol. The molecular formula is C17H28BrN3. The molecule has 2 rings (SSSR count). The summed E-state index contributed by atoms with van der Waals surface area (Å²) in [5.41, 5.74) is 7.62. The zero-order chi connectivity index (χ0) is 15.4. The number of hydrogen-bond acceptors (Lipinski definition) is 3. The Morgan fingerprint density at radius 1 is 1.24 bits per heavy atom. The van der Waals surface area contributed by atoms with Crippen molar-refractivity contribution in [2.45, 2.75) is 31.8 Å². The fourth-order valence-electron chi connectivity index (χ4n) is 3.44. The van der Waals surface area contributed by atoms with E-state index in [9.17, 15) is 0 Å². The summed E-state index contributed by atoms with van der Waals surface area (Å²) in [6.45, 7) is 5.63. The first kappa shape index (κ1) is 16.9. The summed E-state index contributed by atoms with van der Waals surface area (Å²) < 4.78 is 1.12. The molecule has 1 heterocycles. The Morgan fingerprint density at radius 2 is 1.81 bits per heavy atom. The van der Waals surface area contributed by atoms with E-state index in [1.54, 1.807) is 0 Å². The Kier molecular flexibility index (Phi) is 6.23. The second-order valence-electron chi connectivity index (χ2n) is 6.60.